The third-order valence-corrected chi connectivity index (χ3v) is 11.3. The molecule has 3 aliphatic heterocycles. The minimum absolute atomic E-state index is 0.147. The highest BCUT2D eigenvalue weighted by Gasteiger charge is 2.51. The first-order chi connectivity index (χ1) is 18.8. The number of hydrogen-bond acceptors (Lipinski definition) is 7. The van der Waals surface area contributed by atoms with Crippen LogP contribution in [-0.4, -0.2) is 89.3 Å². The molecule has 0 aromatic heterocycles. The summed E-state index contributed by atoms with van der Waals surface area (Å²) >= 11 is 5.37. The number of benzene rings is 1. The molecule has 1 aromatic rings. The number of allylic oxidation sites excluding steroid dienone is 4. The van der Waals surface area contributed by atoms with Gasteiger partial charge in [-0.25, -0.2) is 8.42 Å². The average molecular weight is 600 g/mol. The van der Waals surface area contributed by atoms with Gasteiger partial charge in [-0.2, -0.15) is 17.5 Å². The van der Waals surface area contributed by atoms with Crippen LogP contribution in [0, 0.1) is 0 Å². The van der Waals surface area contributed by atoms with Gasteiger partial charge in [0.15, 0.2) is 5.60 Å². The molecule has 0 spiro atoms. The van der Waals surface area contributed by atoms with Crippen molar-refractivity contribution in [2.75, 3.05) is 31.1 Å². The Kier molecular flexibility index (Phi) is 8.23. The number of thiocarbonyl (C=S) groups is 1. The van der Waals surface area contributed by atoms with Gasteiger partial charge in [-0.15, -0.1) is 0 Å². The summed E-state index contributed by atoms with van der Waals surface area (Å²) in [6, 6.07) is 5.84. The molecule has 40 heavy (non-hydrogen) atoms. The molecule has 1 aromatic carbocycles. The summed E-state index contributed by atoms with van der Waals surface area (Å²) in [6.07, 6.45) is 4.70. The SMILES string of the molecule is C[C@](O)(c1ccc(N2CCN(S(=O)(=O)C3=CC=CCC3=S)C[C@@H]2CN2C3CCCC2CC(O)C3)cc1)C(F)(F)F. The van der Waals surface area contributed by atoms with E-state index in [0.717, 1.165) is 26.2 Å². The lowest BCUT2D eigenvalue weighted by molar-refractivity contribution is -0.258. The number of fused-ring (bicyclic) bond motifs is 2. The number of halogens is 3. The highest BCUT2D eigenvalue weighted by Crippen LogP contribution is 2.40. The monoisotopic (exact) mass is 599 g/mol. The fourth-order valence-corrected chi connectivity index (χ4v) is 8.64. The van der Waals surface area contributed by atoms with Crippen molar-refractivity contribution in [2.45, 2.75) is 81.5 Å². The van der Waals surface area contributed by atoms with Gasteiger partial charge in [0.05, 0.1) is 17.1 Å². The molecule has 2 bridgehead atoms. The van der Waals surface area contributed by atoms with E-state index >= 15 is 0 Å². The van der Waals surface area contributed by atoms with E-state index in [1.807, 2.05) is 6.08 Å². The number of piperazine rings is 1. The van der Waals surface area contributed by atoms with Gasteiger partial charge < -0.3 is 15.1 Å². The van der Waals surface area contributed by atoms with E-state index in [9.17, 15) is 31.8 Å². The van der Waals surface area contributed by atoms with E-state index in [2.05, 4.69) is 9.80 Å². The van der Waals surface area contributed by atoms with Gasteiger partial charge in [0, 0.05) is 55.2 Å². The van der Waals surface area contributed by atoms with Crippen molar-refractivity contribution in [1.29, 1.82) is 0 Å². The number of sulfonamides is 1. The second-order valence-corrected chi connectivity index (χ2v) is 13.9. The molecule has 4 aliphatic rings. The summed E-state index contributed by atoms with van der Waals surface area (Å²) in [5, 5.41) is 20.5. The molecule has 3 saturated heterocycles. The molecule has 3 heterocycles. The van der Waals surface area contributed by atoms with Crippen LogP contribution in [0.25, 0.3) is 0 Å². The maximum Gasteiger partial charge on any atom is 0.421 e. The quantitative estimate of drug-likeness (QED) is 0.481. The van der Waals surface area contributed by atoms with E-state index < -0.39 is 21.8 Å². The van der Waals surface area contributed by atoms with Crippen molar-refractivity contribution in [2.24, 2.45) is 0 Å². The summed E-state index contributed by atoms with van der Waals surface area (Å²) in [6.45, 7) is 2.06. The van der Waals surface area contributed by atoms with Crippen LogP contribution in [0.5, 0.6) is 0 Å². The van der Waals surface area contributed by atoms with Crippen molar-refractivity contribution < 1.29 is 31.8 Å². The molecular formula is C28H36F3N3O4S2. The number of aliphatic hydroxyl groups is 2. The van der Waals surface area contributed by atoms with E-state index in [-0.39, 0.29) is 47.8 Å². The molecule has 2 N–H and O–H groups in total. The molecule has 5 rings (SSSR count). The molecule has 2 unspecified atom stereocenters. The molecule has 0 amide bonds. The molecule has 1 aliphatic carbocycles. The Morgan fingerprint density at radius 3 is 2.33 bits per heavy atom. The van der Waals surface area contributed by atoms with Crippen LogP contribution in [0.15, 0.2) is 47.4 Å². The molecule has 12 heteroatoms. The standard InChI is InChI=1S/C28H36F3N3O4S2/c1-27(36,28(29,30)31)19-9-11-20(12-10-19)33-14-13-32(40(37,38)26-8-3-2-7-25(26)39)17-23(33)18-34-21-5-4-6-22(34)16-24(35)15-21/h2-3,8-12,21-24,35-36H,4-7,13-18H2,1H3/t21?,22?,23-,24?,27+/m1/s1. The van der Waals surface area contributed by atoms with E-state index in [1.165, 1.54) is 16.4 Å². The molecule has 0 radical (unpaired) electrons. The number of hydrogen-bond donors (Lipinski definition) is 2. The first-order valence-electron chi connectivity index (χ1n) is 13.8. The zero-order chi connectivity index (χ0) is 28.9. The molecule has 0 saturated carbocycles. The predicted molar refractivity (Wildman–Crippen MR) is 152 cm³/mol. The van der Waals surface area contributed by atoms with Crippen molar-refractivity contribution in [1.82, 2.24) is 9.21 Å². The maximum absolute atomic E-state index is 13.7. The lowest BCUT2D eigenvalue weighted by Gasteiger charge is -2.51. The van der Waals surface area contributed by atoms with Crippen molar-refractivity contribution in [3.63, 3.8) is 0 Å². The van der Waals surface area contributed by atoms with Crippen LogP contribution < -0.4 is 4.90 Å². The molecular weight excluding hydrogens is 563 g/mol. The van der Waals surface area contributed by atoms with Gasteiger partial charge in [0.2, 0.25) is 10.0 Å². The number of piperidine rings is 2. The second kappa shape index (κ2) is 11.1. The normalized spacial score (nSPS) is 30.2. The lowest BCUT2D eigenvalue weighted by atomic mass is 9.82. The van der Waals surface area contributed by atoms with Gasteiger partial charge in [0.25, 0.3) is 0 Å². The Balaban J connectivity index is 1.44. The maximum atomic E-state index is 13.7. The van der Waals surface area contributed by atoms with Crippen LogP contribution in [-0.2, 0) is 15.6 Å². The number of rotatable bonds is 6. The van der Waals surface area contributed by atoms with E-state index in [4.69, 9.17) is 12.2 Å². The number of aliphatic hydroxyl groups excluding tert-OH is 1. The molecule has 220 valence electrons. The minimum atomic E-state index is -4.82. The van der Waals surface area contributed by atoms with Gasteiger partial charge in [-0.3, -0.25) is 4.90 Å². The van der Waals surface area contributed by atoms with Crippen LogP contribution >= 0.6 is 12.2 Å². The summed E-state index contributed by atoms with van der Waals surface area (Å²) in [5.74, 6) is 0. The van der Waals surface area contributed by atoms with Crippen molar-refractivity contribution in [3.05, 3.63) is 53.0 Å². The van der Waals surface area contributed by atoms with Crippen LogP contribution in [0.3, 0.4) is 0 Å². The fraction of sp³-hybridized carbons (Fsp3) is 0.607. The number of anilines is 1. The minimum Gasteiger partial charge on any atom is -0.393 e. The molecule has 3 fully saturated rings. The van der Waals surface area contributed by atoms with Gasteiger partial charge in [-0.05, 0) is 56.4 Å². The summed E-state index contributed by atoms with van der Waals surface area (Å²) in [7, 11) is -3.82. The second-order valence-electron chi connectivity index (χ2n) is 11.5. The Hall–Kier alpha value is -1.83. The zero-order valence-corrected chi connectivity index (χ0v) is 24.1. The largest absolute Gasteiger partial charge is 0.421 e. The average Bonchev–Trinajstić information content (AvgIpc) is 2.89. The third-order valence-electron chi connectivity index (χ3n) is 8.86. The van der Waals surface area contributed by atoms with Crippen LogP contribution in [0.1, 0.15) is 51.0 Å². The van der Waals surface area contributed by atoms with E-state index in [1.54, 1.807) is 24.3 Å². The van der Waals surface area contributed by atoms with Gasteiger partial charge in [0.1, 0.15) is 0 Å². The number of nitrogens with zero attached hydrogens (tertiary/aromatic N) is 3. The fourth-order valence-electron chi connectivity index (χ4n) is 6.57. The predicted octanol–water partition coefficient (Wildman–Crippen LogP) is 3.87. The van der Waals surface area contributed by atoms with Crippen molar-refractivity contribution in [3.8, 4) is 0 Å². The Morgan fingerprint density at radius 2 is 1.73 bits per heavy atom. The Labute approximate surface area is 239 Å². The van der Waals surface area contributed by atoms with Crippen LogP contribution in [0.4, 0.5) is 18.9 Å². The first kappa shape index (κ1) is 29.7. The highest BCUT2D eigenvalue weighted by atomic mass is 32.2. The van der Waals surface area contributed by atoms with Gasteiger partial charge >= 0.3 is 6.18 Å². The molecule has 7 nitrogen and oxygen atoms in total. The summed E-state index contributed by atoms with van der Waals surface area (Å²) in [5.41, 5.74) is -2.57. The Bertz CT molecular complexity index is 1270. The molecule has 4 atom stereocenters. The lowest BCUT2D eigenvalue weighted by Crippen LogP contribution is -2.62. The van der Waals surface area contributed by atoms with Gasteiger partial charge in [-0.1, -0.05) is 42.9 Å². The summed E-state index contributed by atoms with van der Waals surface area (Å²) < 4.78 is 69.0. The number of alkyl halides is 3. The smallest absolute Gasteiger partial charge is 0.393 e. The first-order valence-corrected chi connectivity index (χ1v) is 15.6. The topological polar surface area (TPSA) is 84.3 Å². The van der Waals surface area contributed by atoms with Crippen LogP contribution in [0.2, 0.25) is 0 Å². The van der Waals surface area contributed by atoms with Crippen molar-refractivity contribution >= 4 is 32.8 Å². The highest BCUT2D eigenvalue weighted by molar-refractivity contribution is 7.96. The zero-order valence-electron chi connectivity index (χ0n) is 22.4. The third kappa shape index (κ3) is 5.63. The Morgan fingerprint density at radius 1 is 1.07 bits per heavy atom. The summed E-state index contributed by atoms with van der Waals surface area (Å²) in [4.78, 5) is 4.99. The van der Waals surface area contributed by atoms with E-state index in [0.29, 0.717) is 42.9 Å².